The van der Waals surface area contributed by atoms with Crippen LogP contribution in [-0.4, -0.2) is 5.78 Å². The van der Waals surface area contributed by atoms with Crippen LogP contribution >= 0.6 is 0 Å². The third kappa shape index (κ3) is 3.77. The van der Waals surface area contributed by atoms with Crippen molar-refractivity contribution in [2.45, 2.75) is 65.7 Å². The molecule has 0 amide bonds. The lowest BCUT2D eigenvalue weighted by atomic mass is 9.78. The van der Waals surface area contributed by atoms with Crippen molar-refractivity contribution in [2.24, 2.45) is 11.8 Å². The number of ketones is 1. The fraction of sp³-hybridized carbons (Fsp3) is 0.800. The van der Waals surface area contributed by atoms with Crippen molar-refractivity contribution in [2.75, 3.05) is 0 Å². The minimum Gasteiger partial charge on any atom is -0.295 e. The smallest absolute Gasteiger partial charge is 0.158 e. The van der Waals surface area contributed by atoms with Crippen molar-refractivity contribution in [1.82, 2.24) is 0 Å². The van der Waals surface area contributed by atoms with Gasteiger partial charge in [0.1, 0.15) is 0 Å². The van der Waals surface area contributed by atoms with Crippen molar-refractivity contribution >= 4 is 5.78 Å². The van der Waals surface area contributed by atoms with E-state index >= 15 is 0 Å². The topological polar surface area (TPSA) is 17.1 Å². The van der Waals surface area contributed by atoms with Crippen LogP contribution in [0.2, 0.25) is 0 Å². The Morgan fingerprint density at radius 3 is 2.06 bits per heavy atom. The third-order valence-corrected chi connectivity index (χ3v) is 4.08. The van der Waals surface area contributed by atoms with Crippen LogP contribution in [0.1, 0.15) is 65.7 Å². The van der Waals surface area contributed by atoms with E-state index in [2.05, 4.69) is 20.8 Å². The first kappa shape index (κ1) is 13.5. The Kier molecular flexibility index (Phi) is 5.79. The Morgan fingerprint density at radius 2 is 1.62 bits per heavy atom. The summed E-state index contributed by atoms with van der Waals surface area (Å²) >= 11 is 0. The molecule has 1 nitrogen and oxygen atoms in total. The molecule has 1 aliphatic carbocycles. The molecule has 1 rings (SSSR count). The van der Waals surface area contributed by atoms with Gasteiger partial charge in [0.25, 0.3) is 0 Å². The average Bonchev–Trinajstić information content (AvgIpc) is 2.35. The molecule has 1 aliphatic rings. The van der Waals surface area contributed by atoms with Crippen LogP contribution in [0.5, 0.6) is 0 Å². The largest absolute Gasteiger partial charge is 0.295 e. The number of hydrogen-bond acceptors (Lipinski definition) is 1. The van der Waals surface area contributed by atoms with Crippen molar-refractivity contribution in [3.05, 3.63) is 11.6 Å². The third-order valence-electron chi connectivity index (χ3n) is 4.08. The van der Waals surface area contributed by atoms with Crippen molar-refractivity contribution in [3.8, 4) is 0 Å². The van der Waals surface area contributed by atoms with Crippen LogP contribution in [0.25, 0.3) is 0 Å². The Hall–Kier alpha value is -0.590. The molecule has 0 radical (unpaired) electrons. The number of allylic oxidation sites excluding steroid dienone is 2. The van der Waals surface area contributed by atoms with Crippen LogP contribution < -0.4 is 0 Å². The van der Waals surface area contributed by atoms with Crippen LogP contribution in [-0.2, 0) is 4.79 Å². The second kappa shape index (κ2) is 6.88. The molecule has 0 aromatic carbocycles. The molecule has 1 saturated carbocycles. The van der Waals surface area contributed by atoms with Crippen molar-refractivity contribution in [3.63, 3.8) is 0 Å². The second-order valence-electron chi connectivity index (χ2n) is 5.04. The highest BCUT2D eigenvalue weighted by molar-refractivity contribution is 5.92. The fourth-order valence-corrected chi connectivity index (χ4v) is 2.63. The summed E-state index contributed by atoms with van der Waals surface area (Å²) < 4.78 is 0. The zero-order chi connectivity index (χ0) is 12.0. The van der Waals surface area contributed by atoms with Gasteiger partial charge in [0, 0.05) is 5.92 Å². The molecule has 0 unspecified atom stereocenters. The molecule has 1 heteroatoms. The van der Waals surface area contributed by atoms with E-state index in [1.807, 2.05) is 6.08 Å². The van der Waals surface area contributed by atoms with Crippen LogP contribution in [0.15, 0.2) is 11.6 Å². The normalized spacial score (nSPS) is 25.2. The predicted octanol–water partition coefficient (Wildman–Crippen LogP) is 4.52. The molecule has 0 saturated heterocycles. The van der Waals surface area contributed by atoms with Crippen LogP contribution in [0, 0.1) is 11.8 Å². The SMILES string of the molecule is CCC(=CC(=O)C1CCC(CC)CC1)CC. The summed E-state index contributed by atoms with van der Waals surface area (Å²) in [5.41, 5.74) is 1.31. The summed E-state index contributed by atoms with van der Waals surface area (Å²) in [4.78, 5) is 12.0. The minimum atomic E-state index is 0.330. The van der Waals surface area contributed by atoms with Crippen molar-refractivity contribution in [1.29, 1.82) is 0 Å². The highest BCUT2D eigenvalue weighted by Crippen LogP contribution is 2.31. The molecule has 1 fully saturated rings. The molecule has 0 bridgehead atoms. The average molecular weight is 222 g/mol. The first-order valence-electron chi connectivity index (χ1n) is 6.94. The Labute approximate surface area is 100 Å². The number of carbonyl (C=O) groups excluding carboxylic acids is 1. The summed E-state index contributed by atoms with van der Waals surface area (Å²) in [7, 11) is 0. The molecule has 92 valence electrons. The first-order valence-corrected chi connectivity index (χ1v) is 6.94. The van der Waals surface area contributed by atoms with E-state index in [-0.39, 0.29) is 0 Å². The quantitative estimate of drug-likeness (QED) is 0.625. The molecular weight excluding hydrogens is 196 g/mol. The highest BCUT2D eigenvalue weighted by atomic mass is 16.1. The van der Waals surface area contributed by atoms with E-state index in [1.165, 1.54) is 24.8 Å². The van der Waals surface area contributed by atoms with E-state index in [0.29, 0.717) is 11.7 Å². The Balaban J connectivity index is 2.47. The monoisotopic (exact) mass is 222 g/mol. The molecule has 0 atom stereocenters. The lowest BCUT2D eigenvalue weighted by molar-refractivity contribution is -0.119. The number of rotatable bonds is 5. The summed E-state index contributed by atoms with van der Waals surface area (Å²) in [5, 5.41) is 0. The minimum absolute atomic E-state index is 0.330. The van der Waals surface area contributed by atoms with Crippen LogP contribution in [0.4, 0.5) is 0 Å². The maximum atomic E-state index is 12.0. The van der Waals surface area contributed by atoms with Gasteiger partial charge in [0.15, 0.2) is 5.78 Å². The first-order chi connectivity index (χ1) is 7.71. The van der Waals surface area contributed by atoms with Gasteiger partial charge in [-0.25, -0.2) is 0 Å². The van der Waals surface area contributed by atoms with E-state index < -0.39 is 0 Å². The van der Waals surface area contributed by atoms with Gasteiger partial charge in [0.2, 0.25) is 0 Å². The standard InChI is InChI=1S/C15H26O/c1-4-12(5-2)11-15(16)14-9-7-13(6-3)8-10-14/h11,13-14H,4-10H2,1-3H3. The van der Waals surface area contributed by atoms with Gasteiger partial charge in [0.05, 0.1) is 0 Å². The summed E-state index contributed by atoms with van der Waals surface area (Å²) in [6, 6.07) is 0. The van der Waals surface area contributed by atoms with Gasteiger partial charge in [-0.2, -0.15) is 0 Å². The zero-order valence-corrected chi connectivity index (χ0v) is 11.1. The van der Waals surface area contributed by atoms with Gasteiger partial charge in [-0.1, -0.05) is 32.8 Å². The van der Waals surface area contributed by atoms with Gasteiger partial charge in [-0.15, -0.1) is 0 Å². The van der Waals surface area contributed by atoms with Crippen molar-refractivity contribution < 1.29 is 4.79 Å². The molecule has 0 heterocycles. The molecule has 0 aromatic heterocycles. The lowest BCUT2D eigenvalue weighted by Gasteiger charge is -2.26. The van der Waals surface area contributed by atoms with E-state index in [1.54, 1.807) is 0 Å². The second-order valence-corrected chi connectivity index (χ2v) is 5.04. The summed E-state index contributed by atoms with van der Waals surface area (Å²) in [6.45, 7) is 6.53. The molecule has 0 spiro atoms. The van der Waals surface area contributed by atoms with Gasteiger partial charge < -0.3 is 0 Å². The Bertz CT molecular complexity index is 238. The van der Waals surface area contributed by atoms with Gasteiger partial charge in [-0.05, 0) is 50.5 Å². The lowest BCUT2D eigenvalue weighted by Crippen LogP contribution is -2.20. The Morgan fingerprint density at radius 1 is 1.06 bits per heavy atom. The number of carbonyl (C=O) groups is 1. The zero-order valence-electron chi connectivity index (χ0n) is 11.1. The molecular formula is C15H26O. The fourth-order valence-electron chi connectivity index (χ4n) is 2.63. The predicted molar refractivity (Wildman–Crippen MR) is 69.4 cm³/mol. The molecule has 0 N–H and O–H groups in total. The maximum absolute atomic E-state index is 12.0. The van der Waals surface area contributed by atoms with E-state index in [0.717, 1.165) is 31.6 Å². The van der Waals surface area contributed by atoms with E-state index in [9.17, 15) is 4.79 Å². The summed E-state index contributed by atoms with van der Waals surface area (Å²) in [5.74, 6) is 1.61. The highest BCUT2D eigenvalue weighted by Gasteiger charge is 2.24. The maximum Gasteiger partial charge on any atom is 0.158 e. The van der Waals surface area contributed by atoms with Crippen LogP contribution in [0.3, 0.4) is 0 Å². The summed E-state index contributed by atoms with van der Waals surface area (Å²) in [6.07, 6.45) is 10.0. The van der Waals surface area contributed by atoms with Gasteiger partial charge >= 0.3 is 0 Å². The molecule has 16 heavy (non-hydrogen) atoms. The van der Waals surface area contributed by atoms with E-state index in [4.69, 9.17) is 0 Å². The van der Waals surface area contributed by atoms with Gasteiger partial charge in [-0.3, -0.25) is 4.79 Å². The number of hydrogen-bond donors (Lipinski definition) is 0. The molecule has 0 aliphatic heterocycles. The molecule has 0 aromatic rings.